The number of nitrogens with one attached hydrogen (secondary N) is 2. The van der Waals surface area contributed by atoms with Crippen LogP contribution < -0.4 is 16.4 Å². The summed E-state index contributed by atoms with van der Waals surface area (Å²) in [5.41, 5.74) is 8.92. The minimum absolute atomic E-state index is 0.00327. The molecule has 0 heterocycles. The van der Waals surface area contributed by atoms with E-state index in [1.54, 1.807) is 13.0 Å². The monoisotopic (exact) mass is 535 g/mol. The number of urea groups is 1. The fourth-order valence-electron chi connectivity index (χ4n) is 9.15. The second kappa shape index (κ2) is 8.58. The lowest BCUT2D eigenvalue weighted by Gasteiger charge is -2.70. The number of rotatable bonds is 3. The highest BCUT2D eigenvalue weighted by Gasteiger charge is 2.66. The van der Waals surface area contributed by atoms with Crippen LogP contribution >= 0.6 is 0 Å². The Balaban J connectivity index is 1.50. The maximum absolute atomic E-state index is 12.8. The molecule has 0 saturated heterocycles. The number of carbonyl (C=O) groups is 3. The first-order chi connectivity index (χ1) is 18.0. The summed E-state index contributed by atoms with van der Waals surface area (Å²) in [6.45, 7) is 15.2. The molecular weight excluding hydrogens is 490 g/mol. The lowest BCUT2D eigenvalue weighted by atomic mass is 9.35. The molecule has 5 aliphatic rings. The van der Waals surface area contributed by atoms with Crippen LogP contribution in [0, 0.1) is 27.6 Å². The summed E-state index contributed by atoms with van der Waals surface area (Å²) in [6, 6.07) is -1.08. The van der Waals surface area contributed by atoms with Crippen LogP contribution in [-0.2, 0) is 9.59 Å². The zero-order valence-corrected chi connectivity index (χ0v) is 24.6. The van der Waals surface area contributed by atoms with Gasteiger partial charge < -0.3 is 21.5 Å². The van der Waals surface area contributed by atoms with Crippen molar-refractivity contribution < 1.29 is 19.5 Å². The summed E-state index contributed by atoms with van der Waals surface area (Å²) in [7, 11) is 0. The van der Waals surface area contributed by atoms with Crippen LogP contribution in [0.25, 0.3) is 0 Å². The summed E-state index contributed by atoms with van der Waals surface area (Å²) >= 11 is 0. The molecule has 0 aliphatic heterocycles. The summed E-state index contributed by atoms with van der Waals surface area (Å²) in [5.74, 6) is -0.607. The molecule has 39 heavy (non-hydrogen) atoms. The summed E-state index contributed by atoms with van der Waals surface area (Å²) < 4.78 is 0. The molecule has 3 fully saturated rings. The summed E-state index contributed by atoms with van der Waals surface area (Å²) in [4.78, 5) is 37.0. The quantitative estimate of drug-likeness (QED) is 0.379. The van der Waals surface area contributed by atoms with Crippen LogP contribution in [0.1, 0.15) is 93.4 Å². The zero-order chi connectivity index (χ0) is 28.8. The van der Waals surface area contributed by atoms with Gasteiger partial charge in [-0.1, -0.05) is 45.4 Å². The highest BCUT2D eigenvalue weighted by molar-refractivity contribution is 6.06. The maximum Gasteiger partial charge on any atom is 0.315 e. The molecule has 0 radical (unpaired) electrons. The SMILES string of the molecule is CC1=C(O)C(=O)C=C2C1=CC=C1[C@@]2(C)CC[C@@]2(C)[C@@H]3C[C@](C)(NC(=O)N[C@@H](C)C(N)=O)CC[C@]3(C)CC[C@]12C. The van der Waals surface area contributed by atoms with Gasteiger partial charge in [0.25, 0.3) is 0 Å². The van der Waals surface area contributed by atoms with Crippen molar-refractivity contribution in [1.82, 2.24) is 10.6 Å². The van der Waals surface area contributed by atoms with Crippen LogP contribution in [0.4, 0.5) is 4.79 Å². The molecule has 3 saturated carbocycles. The number of aliphatic hydroxyl groups excluding tert-OH is 1. The number of hydrogen-bond acceptors (Lipinski definition) is 4. The van der Waals surface area contributed by atoms with Gasteiger partial charge in [0.2, 0.25) is 11.7 Å². The number of amides is 3. The van der Waals surface area contributed by atoms with E-state index in [1.165, 1.54) is 5.57 Å². The largest absolute Gasteiger partial charge is 0.504 e. The second-order valence-electron chi connectivity index (χ2n) is 14.3. The van der Waals surface area contributed by atoms with Gasteiger partial charge >= 0.3 is 6.03 Å². The smallest absolute Gasteiger partial charge is 0.315 e. The van der Waals surface area contributed by atoms with Crippen LogP contribution in [-0.4, -0.2) is 34.4 Å². The lowest BCUT2D eigenvalue weighted by molar-refractivity contribution is -0.152. The molecular formula is C32H45N3O4. The second-order valence-corrected chi connectivity index (χ2v) is 14.3. The average molecular weight is 536 g/mol. The van der Waals surface area contributed by atoms with Gasteiger partial charge in [-0.25, -0.2) is 4.79 Å². The van der Waals surface area contributed by atoms with Gasteiger partial charge in [-0.3, -0.25) is 9.59 Å². The van der Waals surface area contributed by atoms with Crippen molar-refractivity contribution in [2.75, 3.05) is 0 Å². The number of primary amides is 1. The van der Waals surface area contributed by atoms with Crippen molar-refractivity contribution in [3.8, 4) is 0 Å². The van der Waals surface area contributed by atoms with E-state index < -0.39 is 11.9 Å². The molecule has 3 amide bonds. The third-order valence-corrected chi connectivity index (χ3v) is 12.1. The van der Waals surface area contributed by atoms with Crippen LogP contribution in [0.5, 0.6) is 0 Å². The molecule has 5 N–H and O–H groups in total. The van der Waals surface area contributed by atoms with E-state index in [-0.39, 0.29) is 44.8 Å². The Morgan fingerprint density at radius 1 is 1.03 bits per heavy atom. The number of aliphatic hydroxyl groups is 1. The van der Waals surface area contributed by atoms with Gasteiger partial charge in [-0.2, -0.15) is 0 Å². The van der Waals surface area contributed by atoms with Crippen LogP contribution in [0.2, 0.25) is 0 Å². The molecule has 0 aromatic carbocycles. The maximum atomic E-state index is 12.8. The first-order valence-electron chi connectivity index (χ1n) is 14.5. The molecule has 7 atom stereocenters. The predicted octanol–water partition coefficient (Wildman–Crippen LogP) is 5.54. The molecule has 7 heteroatoms. The van der Waals surface area contributed by atoms with Crippen molar-refractivity contribution >= 4 is 17.7 Å². The van der Waals surface area contributed by atoms with Gasteiger partial charge in [0.15, 0.2) is 5.76 Å². The zero-order valence-electron chi connectivity index (χ0n) is 24.6. The van der Waals surface area contributed by atoms with E-state index in [1.807, 2.05) is 6.92 Å². The molecule has 0 aromatic heterocycles. The number of hydrogen-bond donors (Lipinski definition) is 4. The Bertz CT molecular complexity index is 1290. The molecule has 0 spiro atoms. The molecule has 0 bridgehead atoms. The Morgan fingerprint density at radius 2 is 1.69 bits per heavy atom. The van der Waals surface area contributed by atoms with Gasteiger partial charge in [0, 0.05) is 16.5 Å². The van der Waals surface area contributed by atoms with Crippen molar-refractivity contribution in [3.63, 3.8) is 0 Å². The van der Waals surface area contributed by atoms with E-state index in [4.69, 9.17) is 5.73 Å². The number of nitrogens with two attached hydrogens (primary N) is 1. The van der Waals surface area contributed by atoms with E-state index in [0.29, 0.717) is 11.5 Å². The van der Waals surface area contributed by atoms with Gasteiger partial charge in [-0.15, -0.1) is 0 Å². The van der Waals surface area contributed by atoms with E-state index >= 15 is 0 Å². The highest BCUT2D eigenvalue weighted by atomic mass is 16.3. The van der Waals surface area contributed by atoms with Gasteiger partial charge in [0.1, 0.15) is 6.04 Å². The van der Waals surface area contributed by atoms with Crippen molar-refractivity contribution in [1.29, 1.82) is 0 Å². The number of ketones is 1. The molecule has 212 valence electrons. The Kier molecular flexibility index (Phi) is 6.10. The third kappa shape index (κ3) is 3.86. The normalized spacial score (nSPS) is 42.0. The molecule has 0 unspecified atom stereocenters. The van der Waals surface area contributed by atoms with Crippen LogP contribution in [0.15, 0.2) is 46.3 Å². The van der Waals surface area contributed by atoms with Gasteiger partial charge in [0.05, 0.1) is 0 Å². The Morgan fingerprint density at radius 3 is 2.36 bits per heavy atom. The summed E-state index contributed by atoms with van der Waals surface area (Å²) in [5, 5.41) is 16.3. The van der Waals surface area contributed by atoms with Gasteiger partial charge in [-0.05, 0) is 105 Å². The molecule has 0 aromatic rings. The van der Waals surface area contributed by atoms with E-state index in [9.17, 15) is 19.5 Å². The average Bonchev–Trinajstić information content (AvgIpc) is 2.85. The topological polar surface area (TPSA) is 122 Å². The summed E-state index contributed by atoms with van der Waals surface area (Å²) in [6.07, 6.45) is 13.0. The molecule has 5 aliphatic carbocycles. The number of fused-ring (bicyclic) bond motifs is 7. The first kappa shape index (κ1) is 27.7. The Labute approximate surface area is 232 Å². The van der Waals surface area contributed by atoms with Crippen molar-refractivity contribution in [3.05, 3.63) is 46.3 Å². The Hall–Kier alpha value is -2.83. The molecule has 5 rings (SSSR count). The third-order valence-electron chi connectivity index (χ3n) is 12.1. The van der Waals surface area contributed by atoms with Crippen molar-refractivity contribution in [2.45, 2.75) is 105 Å². The van der Waals surface area contributed by atoms with Crippen molar-refractivity contribution in [2.24, 2.45) is 33.3 Å². The lowest BCUT2D eigenvalue weighted by Crippen LogP contribution is -2.65. The highest BCUT2D eigenvalue weighted by Crippen LogP contribution is 2.75. The standard InChI is InChI=1S/C32H45N3O4/c1-18-20-8-9-23-30(5,21(20)16-22(36)25(18)37)13-15-32(7)24-17-29(4,35-27(39)34-19(2)26(33)38)12-10-28(24,3)11-14-31(23,32)6/h8-9,16,19,24,37H,10-15,17H2,1-7H3,(H2,33,38)(H2,34,35,39)/t19-,24+,28+,29+,30-,31+,32-/m0/s1. The number of carbonyl (C=O) groups excluding carboxylic acids is 3. The molecule has 7 nitrogen and oxygen atoms in total. The van der Waals surface area contributed by atoms with Crippen LogP contribution in [0.3, 0.4) is 0 Å². The number of allylic oxidation sites excluding steroid dienone is 7. The first-order valence-corrected chi connectivity index (χ1v) is 14.5. The van der Waals surface area contributed by atoms with E-state index in [0.717, 1.165) is 56.1 Å². The predicted molar refractivity (Wildman–Crippen MR) is 152 cm³/mol. The minimum Gasteiger partial charge on any atom is -0.504 e. The fraction of sp³-hybridized carbons (Fsp3) is 0.656. The van der Waals surface area contributed by atoms with E-state index in [2.05, 4.69) is 57.4 Å². The minimum atomic E-state index is -0.730. The fourth-order valence-corrected chi connectivity index (χ4v) is 9.15.